The van der Waals surface area contributed by atoms with Crippen LogP contribution in [0.15, 0.2) is 65.6 Å². The van der Waals surface area contributed by atoms with E-state index < -0.39 is 38.4 Å². The summed E-state index contributed by atoms with van der Waals surface area (Å²) in [6, 6.07) is 10.7. The summed E-state index contributed by atoms with van der Waals surface area (Å²) in [7, 11) is -4.35. The minimum absolute atomic E-state index is 0.0745. The van der Waals surface area contributed by atoms with Crippen LogP contribution in [0.4, 0.5) is 28.9 Å². The molecule has 0 aliphatic heterocycles. The molecule has 11 heteroatoms. The number of halogens is 5. The lowest BCUT2D eigenvalue weighted by Crippen LogP contribution is -2.17. The Balaban J connectivity index is 1.90. The number of hydrogen-bond acceptors (Lipinski definition) is 3. The molecule has 0 atom stereocenters. The van der Waals surface area contributed by atoms with Gasteiger partial charge in [0, 0.05) is 11.4 Å². The van der Waals surface area contributed by atoms with E-state index in [-0.39, 0.29) is 22.0 Å². The van der Waals surface area contributed by atoms with Crippen molar-refractivity contribution in [1.29, 1.82) is 0 Å². The smallest absolute Gasteiger partial charge is 0.322 e. The highest BCUT2D eigenvalue weighted by Gasteiger charge is 2.31. The van der Waals surface area contributed by atoms with E-state index in [9.17, 15) is 30.8 Å². The number of amides is 1. The van der Waals surface area contributed by atoms with Crippen LogP contribution >= 0.6 is 11.6 Å². The molecule has 0 saturated heterocycles. The molecule has 168 valence electrons. The van der Waals surface area contributed by atoms with Gasteiger partial charge in [-0.25, -0.2) is 12.8 Å². The average Bonchev–Trinajstić information content (AvgIpc) is 2.70. The summed E-state index contributed by atoms with van der Waals surface area (Å²) in [5.74, 6) is -1.38. The predicted molar refractivity (Wildman–Crippen MR) is 113 cm³/mol. The van der Waals surface area contributed by atoms with Crippen molar-refractivity contribution in [2.75, 3.05) is 10.0 Å². The fourth-order valence-corrected chi connectivity index (χ4v) is 4.02. The Hall–Kier alpha value is -3.11. The van der Waals surface area contributed by atoms with E-state index in [0.717, 1.165) is 42.5 Å². The topological polar surface area (TPSA) is 75.3 Å². The van der Waals surface area contributed by atoms with Crippen molar-refractivity contribution < 1.29 is 30.8 Å². The second kappa shape index (κ2) is 8.79. The molecule has 32 heavy (non-hydrogen) atoms. The Morgan fingerprint density at radius 3 is 2.41 bits per heavy atom. The molecule has 2 N–H and O–H groups in total. The molecule has 0 bridgehead atoms. The van der Waals surface area contributed by atoms with Gasteiger partial charge in [0.25, 0.3) is 15.9 Å². The third-order valence-electron chi connectivity index (χ3n) is 4.38. The number of alkyl halides is 3. The Bertz CT molecular complexity index is 1290. The van der Waals surface area contributed by atoms with Gasteiger partial charge in [-0.2, -0.15) is 13.2 Å². The summed E-state index contributed by atoms with van der Waals surface area (Å²) in [6.07, 6.45) is -4.65. The SMILES string of the molecule is Cc1ccc(F)cc1NC(=O)c1cc(S(=O)(=O)Nc2cccc(C(F)(F)F)c2)ccc1Cl. The van der Waals surface area contributed by atoms with Crippen molar-refractivity contribution in [3.63, 3.8) is 0 Å². The molecule has 0 aliphatic rings. The Kier molecular flexibility index (Phi) is 6.47. The van der Waals surface area contributed by atoms with Crippen LogP contribution in [0.5, 0.6) is 0 Å². The second-order valence-electron chi connectivity index (χ2n) is 6.74. The van der Waals surface area contributed by atoms with Gasteiger partial charge in [-0.15, -0.1) is 0 Å². The van der Waals surface area contributed by atoms with Gasteiger partial charge in [0.15, 0.2) is 0 Å². The molecule has 0 radical (unpaired) electrons. The molecule has 0 saturated carbocycles. The fraction of sp³-hybridized carbons (Fsp3) is 0.0952. The van der Waals surface area contributed by atoms with Crippen LogP contribution < -0.4 is 10.0 Å². The summed E-state index contributed by atoms with van der Waals surface area (Å²) in [6.45, 7) is 1.64. The van der Waals surface area contributed by atoms with Crippen LogP contribution in [0.25, 0.3) is 0 Å². The highest BCUT2D eigenvalue weighted by atomic mass is 35.5. The maximum absolute atomic E-state index is 13.5. The van der Waals surface area contributed by atoms with E-state index in [1.165, 1.54) is 12.1 Å². The van der Waals surface area contributed by atoms with Crippen molar-refractivity contribution in [2.24, 2.45) is 0 Å². The lowest BCUT2D eigenvalue weighted by Gasteiger charge is -2.13. The summed E-state index contributed by atoms with van der Waals surface area (Å²) < 4.78 is 79.5. The molecule has 1 amide bonds. The Labute approximate surface area is 186 Å². The molecule has 0 spiro atoms. The summed E-state index contributed by atoms with van der Waals surface area (Å²) in [5, 5.41) is 2.38. The molecule has 3 aromatic rings. The summed E-state index contributed by atoms with van der Waals surface area (Å²) in [4.78, 5) is 12.2. The Morgan fingerprint density at radius 2 is 1.72 bits per heavy atom. The van der Waals surface area contributed by atoms with E-state index in [1.807, 2.05) is 4.72 Å². The molecule has 0 fully saturated rings. The van der Waals surface area contributed by atoms with Gasteiger partial charge in [0.2, 0.25) is 0 Å². The van der Waals surface area contributed by atoms with Gasteiger partial charge in [0.05, 0.1) is 21.0 Å². The first-order valence-corrected chi connectivity index (χ1v) is 10.8. The fourth-order valence-electron chi connectivity index (χ4n) is 2.74. The predicted octanol–water partition coefficient (Wildman–Crippen LogP) is 5.86. The lowest BCUT2D eigenvalue weighted by molar-refractivity contribution is -0.137. The third kappa shape index (κ3) is 5.38. The van der Waals surface area contributed by atoms with Crippen molar-refractivity contribution in [1.82, 2.24) is 0 Å². The van der Waals surface area contributed by atoms with E-state index in [0.29, 0.717) is 11.6 Å². The van der Waals surface area contributed by atoms with Crippen molar-refractivity contribution in [3.8, 4) is 0 Å². The number of nitrogens with one attached hydrogen (secondary N) is 2. The normalized spacial score (nSPS) is 11.8. The van der Waals surface area contributed by atoms with E-state index >= 15 is 0 Å². The number of aryl methyl sites for hydroxylation is 1. The Morgan fingerprint density at radius 1 is 1.00 bits per heavy atom. The number of carbonyl (C=O) groups excluding carboxylic acids is 1. The zero-order valence-electron chi connectivity index (χ0n) is 16.3. The number of sulfonamides is 1. The maximum atomic E-state index is 13.5. The molecule has 0 aliphatic carbocycles. The highest BCUT2D eigenvalue weighted by Crippen LogP contribution is 2.31. The van der Waals surface area contributed by atoms with Gasteiger partial charge in [-0.05, 0) is 61.0 Å². The van der Waals surface area contributed by atoms with Gasteiger partial charge < -0.3 is 5.32 Å². The molecule has 5 nitrogen and oxygen atoms in total. The second-order valence-corrected chi connectivity index (χ2v) is 8.83. The molecule has 0 unspecified atom stereocenters. The third-order valence-corrected chi connectivity index (χ3v) is 6.09. The van der Waals surface area contributed by atoms with Crippen LogP contribution in [-0.2, 0) is 16.2 Å². The van der Waals surface area contributed by atoms with Crippen LogP contribution in [-0.4, -0.2) is 14.3 Å². The van der Waals surface area contributed by atoms with Gasteiger partial charge in [-0.3, -0.25) is 9.52 Å². The monoisotopic (exact) mass is 486 g/mol. The molecule has 0 heterocycles. The molecular formula is C21H15ClF4N2O3S. The van der Waals surface area contributed by atoms with Gasteiger partial charge in [0.1, 0.15) is 5.82 Å². The van der Waals surface area contributed by atoms with E-state index in [4.69, 9.17) is 11.6 Å². The number of benzene rings is 3. The molecule has 0 aromatic heterocycles. The van der Waals surface area contributed by atoms with Crippen LogP contribution in [0, 0.1) is 12.7 Å². The van der Waals surface area contributed by atoms with Crippen LogP contribution in [0.1, 0.15) is 21.5 Å². The highest BCUT2D eigenvalue weighted by molar-refractivity contribution is 7.92. The first-order chi connectivity index (χ1) is 14.9. The van der Waals surface area contributed by atoms with Crippen molar-refractivity contribution >= 4 is 38.9 Å². The number of hydrogen-bond donors (Lipinski definition) is 2. The number of rotatable bonds is 5. The summed E-state index contributed by atoms with van der Waals surface area (Å²) >= 11 is 6.03. The van der Waals surface area contributed by atoms with Gasteiger partial charge in [-0.1, -0.05) is 23.7 Å². The zero-order valence-corrected chi connectivity index (χ0v) is 17.9. The largest absolute Gasteiger partial charge is 0.416 e. The van der Waals surface area contributed by atoms with E-state index in [2.05, 4.69) is 5.32 Å². The van der Waals surface area contributed by atoms with E-state index in [1.54, 1.807) is 6.92 Å². The minimum Gasteiger partial charge on any atom is -0.322 e. The first-order valence-electron chi connectivity index (χ1n) is 8.94. The first kappa shape index (κ1) is 23.6. The standard InChI is InChI=1S/C21H15ClF4N2O3S/c1-12-5-6-14(23)10-19(12)27-20(29)17-11-16(7-8-18(17)22)32(30,31)28-15-4-2-3-13(9-15)21(24,25)26/h2-11,28H,1H3,(H,27,29). The van der Waals surface area contributed by atoms with Crippen LogP contribution in [0.3, 0.4) is 0 Å². The molecular weight excluding hydrogens is 472 g/mol. The lowest BCUT2D eigenvalue weighted by atomic mass is 10.1. The molecule has 3 rings (SSSR count). The average molecular weight is 487 g/mol. The number of carbonyl (C=O) groups is 1. The number of anilines is 2. The minimum atomic E-state index is -4.65. The maximum Gasteiger partial charge on any atom is 0.416 e. The quantitative estimate of drug-likeness (QED) is 0.444. The van der Waals surface area contributed by atoms with Crippen molar-refractivity contribution in [3.05, 3.63) is 88.2 Å². The summed E-state index contributed by atoms with van der Waals surface area (Å²) in [5.41, 5.74) is -0.829. The van der Waals surface area contributed by atoms with Crippen LogP contribution in [0.2, 0.25) is 5.02 Å². The van der Waals surface area contributed by atoms with Gasteiger partial charge >= 0.3 is 6.18 Å². The van der Waals surface area contributed by atoms with Crippen molar-refractivity contribution in [2.45, 2.75) is 18.0 Å². The zero-order chi connectivity index (χ0) is 23.7. The molecule has 3 aromatic carbocycles.